The van der Waals surface area contributed by atoms with Crippen LogP contribution in [0.5, 0.6) is 0 Å². The predicted molar refractivity (Wildman–Crippen MR) is 77.9 cm³/mol. The largest absolute Gasteiger partial charge is 0.293 e. The zero-order valence-corrected chi connectivity index (χ0v) is 12.6. The van der Waals surface area contributed by atoms with Crippen LogP contribution in [0.1, 0.15) is 37.0 Å². The minimum atomic E-state index is 0.212. The molecular weight excluding hydrogens is 290 g/mol. The molecule has 2 nitrogen and oxygen atoms in total. The molecule has 0 amide bonds. The molecule has 0 saturated carbocycles. The van der Waals surface area contributed by atoms with Crippen molar-refractivity contribution in [3.8, 4) is 0 Å². The number of rotatable bonds is 3. The predicted octanol–water partition coefficient (Wildman–Crippen LogP) is 3.75. The molecule has 0 aromatic heterocycles. The van der Waals surface area contributed by atoms with Gasteiger partial charge in [-0.25, -0.2) is 0 Å². The van der Waals surface area contributed by atoms with E-state index in [2.05, 4.69) is 34.7 Å². The normalized spacial score (nSPS) is 25.1. The first-order valence-electron chi connectivity index (χ1n) is 6.61. The third-order valence-corrected chi connectivity index (χ3v) is 4.72. The van der Waals surface area contributed by atoms with Crippen LogP contribution in [0.4, 0.5) is 0 Å². The fourth-order valence-electron chi connectivity index (χ4n) is 2.60. The lowest BCUT2D eigenvalue weighted by atomic mass is 9.91. The van der Waals surface area contributed by atoms with E-state index in [9.17, 15) is 4.79 Å². The zero-order chi connectivity index (χ0) is 13.1. The monoisotopic (exact) mass is 309 g/mol. The Labute approximate surface area is 117 Å². The molecule has 0 aliphatic carbocycles. The van der Waals surface area contributed by atoms with Crippen molar-refractivity contribution in [3.05, 3.63) is 34.3 Å². The van der Waals surface area contributed by atoms with E-state index in [1.54, 1.807) is 0 Å². The number of carbonyl (C=O) groups excluding carboxylic acids is 1. The quantitative estimate of drug-likeness (QED) is 0.793. The molecule has 0 radical (unpaired) electrons. The van der Waals surface area contributed by atoms with Crippen molar-refractivity contribution >= 4 is 21.7 Å². The van der Waals surface area contributed by atoms with Gasteiger partial charge in [0.05, 0.1) is 6.54 Å². The standard InChI is InChI=1S/C15H20BrNO/c1-11-6-5-9-17(12(11)2)10-15(18)13-7-3-4-8-14(13)16/h3-4,7-8,11-12H,5-6,9-10H2,1-2H3. The molecule has 2 unspecified atom stereocenters. The number of carbonyl (C=O) groups is 1. The molecule has 18 heavy (non-hydrogen) atoms. The second-order valence-electron chi connectivity index (χ2n) is 5.23. The van der Waals surface area contributed by atoms with E-state index in [0.717, 1.165) is 16.6 Å². The van der Waals surface area contributed by atoms with E-state index in [4.69, 9.17) is 0 Å². The van der Waals surface area contributed by atoms with Crippen LogP contribution in [0, 0.1) is 5.92 Å². The minimum absolute atomic E-state index is 0.212. The van der Waals surface area contributed by atoms with Crippen LogP contribution < -0.4 is 0 Å². The van der Waals surface area contributed by atoms with E-state index >= 15 is 0 Å². The molecule has 0 spiro atoms. The van der Waals surface area contributed by atoms with Crippen molar-refractivity contribution in [2.45, 2.75) is 32.7 Å². The van der Waals surface area contributed by atoms with E-state index < -0.39 is 0 Å². The third kappa shape index (κ3) is 3.01. The van der Waals surface area contributed by atoms with Gasteiger partial charge in [-0.15, -0.1) is 0 Å². The molecule has 1 aromatic rings. The number of Topliss-reactive ketones (excluding diaryl/α,β-unsaturated/α-hetero) is 1. The number of benzene rings is 1. The Morgan fingerprint density at radius 2 is 2.11 bits per heavy atom. The molecule has 98 valence electrons. The van der Waals surface area contributed by atoms with Crippen molar-refractivity contribution in [3.63, 3.8) is 0 Å². The van der Waals surface area contributed by atoms with Crippen LogP contribution >= 0.6 is 15.9 Å². The molecule has 3 heteroatoms. The fraction of sp³-hybridized carbons (Fsp3) is 0.533. The minimum Gasteiger partial charge on any atom is -0.293 e. The molecular formula is C15H20BrNO. The highest BCUT2D eigenvalue weighted by atomic mass is 79.9. The van der Waals surface area contributed by atoms with Crippen molar-refractivity contribution in [1.29, 1.82) is 0 Å². The summed E-state index contributed by atoms with van der Waals surface area (Å²) < 4.78 is 0.896. The van der Waals surface area contributed by atoms with Crippen LogP contribution in [0.15, 0.2) is 28.7 Å². The number of hydrogen-bond donors (Lipinski definition) is 0. The third-order valence-electron chi connectivity index (χ3n) is 4.03. The smallest absolute Gasteiger partial charge is 0.177 e. The lowest BCUT2D eigenvalue weighted by molar-refractivity contribution is 0.0778. The Morgan fingerprint density at radius 1 is 1.39 bits per heavy atom. The average molecular weight is 310 g/mol. The average Bonchev–Trinajstić information content (AvgIpc) is 2.35. The van der Waals surface area contributed by atoms with Gasteiger partial charge in [-0.05, 0) is 38.3 Å². The van der Waals surface area contributed by atoms with Gasteiger partial charge in [0.25, 0.3) is 0 Å². The van der Waals surface area contributed by atoms with E-state index in [1.807, 2.05) is 24.3 Å². The van der Waals surface area contributed by atoms with Gasteiger partial charge in [0.1, 0.15) is 0 Å². The van der Waals surface area contributed by atoms with E-state index in [0.29, 0.717) is 18.5 Å². The van der Waals surface area contributed by atoms with E-state index in [-0.39, 0.29) is 5.78 Å². The first kappa shape index (κ1) is 13.8. The number of ketones is 1. The number of halogens is 1. The van der Waals surface area contributed by atoms with Gasteiger partial charge < -0.3 is 0 Å². The zero-order valence-electron chi connectivity index (χ0n) is 11.0. The number of piperidine rings is 1. The molecule has 2 atom stereocenters. The fourth-order valence-corrected chi connectivity index (χ4v) is 3.11. The van der Waals surface area contributed by atoms with E-state index in [1.165, 1.54) is 12.8 Å². The van der Waals surface area contributed by atoms with Crippen molar-refractivity contribution in [1.82, 2.24) is 4.90 Å². The maximum Gasteiger partial charge on any atom is 0.177 e. The summed E-state index contributed by atoms with van der Waals surface area (Å²) in [5.41, 5.74) is 0.794. The van der Waals surface area contributed by atoms with Gasteiger partial charge in [-0.2, -0.15) is 0 Å². The molecule has 1 saturated heterocycles. The van der Waals surface area contributed by atoms with Crippen LogP contribution in [0.3, 0.4) is 0 Å². The van der Waals surface area contributed by atoms with Gasteiger partial charge in [0.15, 0.2) is 5.78 Å². The molecule has 1 fully saturated rings. The van der Waals surface area contributed by atoms with Crippen molar-refractivity contribution < 1.29 is 4.79 Å². The molecule has 0 N–H and O–H groups in total. The van der Waals surface area contributed by atoms with Crippen molar-refractivity contribution in [2.24, 2.45) is 5.92 Å². The first-order valence-corrected chi connectivity index (χ1v) is 7.40. The summed E-state index contributed by atoms with van der Waals surface area (Å²) >= 11 is 3.45. The summed E-state index contributed by atoms with van der Waals surface area (Å²) in [4.78, 5) is 14.6. The van der Waals surface area contributed by atoms with Gasteiger partial charge in [0, 0.05) is 16.1 Å². The molecule has 1 heterocycles. The Morgan fingerprint density at radius 3 is 2.83 bits per heavy atom. The second-order valence-corrected chi connectivity index (χ2v) is 6.09. The molecule has 0 bridgehead atoms. The molecule has 1 aliphatic rings. The Kier molecular flexibility index (Phi) is 4.57. The maximum atomic E-state index is 12.3. The van der Waals surface area contributed by atoms with Gasteiger partial charge in [0.2, 0.25) is 0 Å². The summed E-state index contributed by atoms with van der Waals surface area (Å²) in [6.45, 7) is 6.09. The number of hydrogen-bond acceptors (Lipinski definition) is 2. The topological polar surface area (TPSA) is 20.3 Å². The van der Waals surface area contributed by atoms with Gasteiger partial charge in [-0.3, -0.25) is 9.69 Å². The van der Waals surface area contributed by atoms with Crippen LogP contribution in [0.2, 0.25) is 0 Å². The first-order chi connectivity index (χ1) is 8.59. The summed E-state index contributed by atoms with van der Waals surface area (Å²) in [5.74, 6) is 0.897. The highest BCUT2D eigenvalue weighted by Crippen LogP contribution is 2.24. The SMILES string of the molecule is CC1CCCN(CC(=O)c2ccccc2Br)C1C. The second kappa shape index (κ2) is 5.98. The summed E-state index contributed by atoms with van der Waals surface area (Å²) in [7, 11) is 0. The number of nitrogens with zero attached hydrogens (tertiary/aromatic N) is 1. The van der Waals surface area contributed by atoms with Gasteiger partial charge >= 0.3 is 0 Å². The summed E-state index contributed by atoms with van der Waals surface area (Å²) in [6.07, 6.45) is 2.48. The summed E-state index contributed by atoms with van der Waals surface area (Å²) in [6, 6.07) is 8.18. The van der Waals surface area contributed by atoms with Crippen LogP contribution in [0.25, 0.3) is 0 Å². The highest BCUT2D eigenvalue weighted by molar-refractivity contribution is 9.10. The Balaban J connectivity index is 2.05. The van der Waals surface area contributed by atoms with Gasteiger partial charge in [-0.1, -0.05) is 41.1 Å². The number of likely N-dealkylation sites (tertiary alicyclic amines) is 1. The van der Waals surface area contributed by atoms with Crippen LogP contribution in [-0.4, -0.2) is 29.8 Å². The van der Waals surface area contributed by atoms with Crippen LogP contribution in [-0.2, 0) is 0 Å². The maximum absolute atomic E-state index is 12.3. The molecule has 1 aliphatic heterocycles. The lowest BCUT2D eigenvalue weighted by Gasteiger charge is -2.37. The molecule has 1 aromatic carbocycles. The Hall–Kier alpha value is -0.670. The Bertz CT molecular complexity index is 432. The lowest BCUT2D eigenvalue weighted by Crippen LogP contribution is -2.44. The van der Waals surface area contributed by atoms with Crippen molar-refractivity contribution in [2.75, 3.05) is 13.1 Å². The highest BCUT2D eigenvalue weighted by Gasteiger charge is 2.26. The summed E-state index contributed by atoms with van der Waals surface area (Å²) in [5, 5.41) is 0. The molecule has 2 rings (SSSR count).